The third-order valence-corrected chi connectivity index (χ3v) is 2.46. The first-order chi connectivity index (χ1) is 9.72. The second-order valence-electron chi connectivity index (χ2n) is 3.84. The lowest BCUT2D eigenvalue weighted by atomic mass is 10.3. The molecule has 9 nitrogen and oxygen atoms in total. The highest BCUT2D eigenvalue weighted by atomic mass is 16.6. The van der Waals surface area contributed by atoms with Gasteiger partial charge in [-0.1, -0.05) is 6.07 Å². The molecule has 0 saturated heterocycles. The Morgan fingerprint density at radius 2 is 2.20 bits per heavy atom. The van der Waals surface area contributed by atoms with Crippen LogP contribution >= 0.6 is 0 Å². The van der Waals surface area contributed by atoms with E-state index in [1.165, 1.54) is 16.9 Å². The van der Waals surface area contributed by atoms with Gasteiger partial charge in [0.1, 0.15) is 12.2 Å². The number of hydrogen-bond acceptors (Lipinski definition) is 7. The molecule has 3 heterocycles. The zero-order chi connectivity index (χ0) is 13.9. The highest BCUT2D eigenvalue weighted by molar-refractivity contribution is 5.44. The average molecular weight is 272 g/mol. The molecule has 0 bridgehead atoms. The topological polar surface area (TPSA) is 113 Å². The van der Waals surface area contributed by atoms with E-state index in [1.54, 1.807) is 18.3 Å². The lowest BCUT2D eigenvalue weighted by molar-refractivity contribution is -0.389. The van der Waals surface area contributed by atoms with E-state index >= 15 is 0 Å². The monoisotopic (exact) mass is 272 g/mol. The largest absolute Gasteiger partial charge is 0.417 e. The van der Waals surface area contributed by atoms with E-state index in [-0.39, 0.29) is 12.4 Å². The predicted molar refractivity (Wildman–Crippen MR) is 65.5 cm³/mol. The minimum atomic E-state index is -0.566. The van der Waals surface area contributed by atoms with Gasteiger partial charge in [-0.15, -0.1) is 10.2 Å². The molecule has 0 atom stereocenters. The van der Waals surface area contributed by atoms with Crippen LogP contribution in [0.25, 0.3) is 11.6 Å². The molecule has 3 rings (SSSR count). The van der Waals surface area contributed by atoms with Gasteiger partial charge in [0.15, 0.2) is 0 Å². The molecule has 3 aromatic rings. The molecule has 0 fully saturated rings. The summed E-state index contributed by atoms with van der Waals surface area (Å²) in [5, 5.41) is 22.0. The number of hydrogen-bond donors (Lipinski definition) is 0. The molecule has 0 N–H and O–H groups in total. The van der Waals surface area contributed by atoms with Gasteiger partial charge in [0.2, 0.25) is 5.89 Å². The maximum absolute atomic E-state index is 10.5. The Bertz CT molecular complexity index is 735. The Hall–Kier alpha value is -3.10. The van der Waals surface area contributed by atoms with Gasteiger partial charge in [0.05, 0.1) is 17.4 Å². The zero-order valence-electron chi connectivity index (χ0n) is 10.1. The third kappa shape index (κ3) is 2.36. The first-order valence-electron chi connectivity index (χ1n) is 5.64. The number of aromatic nitrogens is 5. The van der Waals surface area contributed by atoms with Crippen molar-refractivity contribution in [3.63, 3.8) is 0 Å². The molecule has 0 aliphatic heterocycles. The molecule has 0 unspecified atom stereocenters. The maximum atomic E-state index is 10.5. The summed E-state index contributed by atoms with van der Waals surface area (Å²) in [6.45, 7) is 0.160. The van der Waals surface area contributed by atoms with Crippen molar-refractivity contribution < 1.29 is 9.34 Å². The molecule has 100 valence electrons. The highest BCUT2D eigenvalue weighted by Gasteiger charge is 2.14. The van der Waals surface area contributed by atoms with Crippen molar-refractivity contribution in [3.8, 4) is 11.6 Å². The average Bonchev–Trinajstić information content (AvgIpc) is 3.10. The van der Waals surface area contributed by atoms with Gasteiger partial charge in [-0.2, -0.15) is 4.68 Å². The molecule has 0 aromatic carbocycles. The van der Waals surface area contributed by atoms with Crippen LogP contribution in [0.15, 0.2) is 41.1 Å². The summed E-state index contributed by atoms with van der Waals surface area (Å²) in [7, 11) is 0. The molecule has 0 aliphatic rings. The number of rotatable bonds is 4. The molecule has 0 aliphatic carbocycles. The smallest absolute Gasteiger partial charge is 0.389 e. The fraction of sp³-hybridized carbons (Fsp3) is 0.0909. The number of pyridine rings is 1. The van der Waals surface area contributed by atoms with E-state index in [0.717, 1.165) is 0 Å². The van der Waals surface area contributed by atoms with Gasteiger partial charge in [-0.25, -0.2) is 0 Å². The van der Waals surface area contributed by atoms with Gasteiger partial charge in [0.25, 0.3) is 5.89 Å². The lowest BCUT2D eigenvalue weighted by Gasteiger charge is -1.92. The quantitative estimate of drug-likeness (QED) is 0.519. The highest BCUT2D eigenvalue weighted by Crippen LogP contribution is 2.15. The molecule has 0 saturated carbocycles. The van der Waals surface area contributed by atoms with Crippen LogP contribution in [0.2, 0.25) is 0 Å². The van der Waals surface area contributed by atoms with Crippen molar-refractivity contribution >= 4 is 5.82 Å². The zero-order valence-corrected chi connectivity index (χ0v) is 10.1. The summed E-state index contributed by atoms with van der Waals surface area (Å²) in [5.74, 6) is 0.361. The van der Waals surface area contributed by atoms with Gasteiger partial charge < -0.3 is 14.5 Å². The molecular weight excluding hydrogens is 264 g/mol. The minimum absolute atomic E-state index is 0.160. The molecule has 0 spiro atoms. The summed E-state index contributed by atoms with van der Waals surface area (Å²) >= 11 is 0. The second-order valence-corrected chi connectivity index (χ2v) is 3.84. The van der Waals surface area contributed by atoms with Crippen LogP contribution in [0.5, 0.6) is 0 Å². The fourth-order valence-corrected chi connectivity index (χ4v) is 1.59. The molecule has 0 amide bonds. The van der Waals surface area contributed by atoms with Crippen molar-refractivity contribution in [3.05, 3.63) is 52.7 Å². The first kappa shape index (κ1) is 12.0. The van der Waals surface area contributed by atoms with E-state index in [0.29, 0.717) is 17.5 Å². The first-order valence-corrected chi connectivity index (χ1v) is 5.64. The normalized spacial score (nSPS) is 10.6. The Morgan fingerprint density at radius 3 is 2.90 bits per heavy atom. The lowest BCUT2D eigenvalue weighted by Crippen LogP contribution is -2.01. The SMILES string of the molecule is O=[N+]([O-])c1ccn(Cc2nnc(-c3ccccn3)o2)n1. The Morgan fingerprint density at radius 1 is 1.30 bits per heavy atom. The van der Waals surface area contributed by atoms with E-state index in [4.69, 9.17) is 4.42 Å². The molecule has 3 aromatic heterocycles. The van der Waals surface area contributed by atoms with Crippen molar-refractivity contribution in [2.24, 2.45) is 0 Å². The van der Waals surface area contributed by atoms with Crippen LogP contribution in [0.3, 0.4) is 0 Å². The molecule has 0 radical (unpaired) electrons. The van der Waals surface area contributed by atoms with Crippen molar-refractivity contribution in [2.75, 3.05) is 0 Å². The van der Waals surface area contributed by atoms with Crippen LogP contribution in [-0.4, -0.2) is 29.9 Å². The maximum Gasteiger partial charge on any atom is 0.389 e. The summed E-state index contributed by atoms with van der Waals surface area (Å²) < 4.78 is 6.78. The van der Waals surface area contributed by atoms with Gasteiger partial charge in [-0.05, 0) is 17.1 Å². The van der Waals surface area contributed by atoms with Crippen LogP contribution in [0.4, 0.5) is 5.82 Å². The summed E-state index contributed by atoms with van der Waals surface area (Å²) in [5.41, 5.74) is 0.567. The summed E-state index contributed by atoms with van der Waals surface area (Å²) in [4.78, 5) is 14.0. The summed E-state index contributed by atoms with van der Waals surface area (Å²) in [6, 6.07) is 6.64. The van der Waals surface area contributed by atoms with Crippen molar-refractivity contribution in [1.29, 1.82) is 0 Å². The second kappa shape index (κ2) is 4.88. The summed E-state index contributed by atoms with van der Waals surface area (Å²) in [6.07, 6.45) is 3.10. The third-order valence-electron chi connectivity index (χ3n) is 2.46. The predicted octanol–water partition coefficient (Wildman–Crippen LogP) is 1.28. The fourth-order valence-electron chi connectivity index (χ4n) is 1.59. The number of nitro groups is 1. The molecule has 9 heteroatoms. The van der Waals surface area contributed by atoms with E-state index in [9.17, 15) is 10.1 Å². The van der Waals surface area contributed by atoms with E-state index in [1.807, 2.05) is 6.07 Å². The van der Waals surface area contributed by atoms with E-state index < -0.39 is 4.92 Å². The van der Waals surface area contributed by atoms with Gasteiger partial charge in [0, 0.05) is 6.20 Å². The standard InChI is InChI=1S/C11H8N6O3/c18-17(19)9-4-6-16(15-9)7-10-13-14-11(20-10)8-3-1-2-5-12-8/h1-6H,7H2. The van der Waals surface area contributed by atoms with Crippen LogP contribution in [0.1, 0.15) is 5.89 Å². The van der Waals surface area contributed by atoms with Crippen LogP contribution in [-0.2, 0) is 6.54 Å². The minimum Gasteiger partial charge on any atom is -0.417 e. The Labute approximate surface area is 112 Å². The Balaban J connectivity index is 1.78. The molecular formula is C11H8N6O3. The van der Waals surface area contributed by atoms with Crippen LogP contribution in [0, 0.1) is 10.1 Å². The molecule has 20 heavy (non-hydrogen) atoms. The van der Waals surface area contributed by atoms with Crippen LogP contribution < -0.4 is 0 Å². The van der Waals surface area contributed by atoms with Crippen molar-refractivity contribution in [1.82, 2.24) is 25.0 Å². The Kier molecular flexibility index (Phi) is 2.92. The van der Waals surface area contributed by atoms with Gasteiger partial charge in [-0.3, -0.25) is 4.98 Å². The van der Waals surface area contributed by atoms with Gasteiger partial charge >= 0.3 is 5.82 Å². The number of nitrogens with zero attached hydrogens (tertiary/aromatic N) is 6. The van der Waals surface area contributed by atoms with E-state index in [2.05, 4.69) is 20.3 Å². The van der Waals surface area contributed by atoms with Crippen molar-refractivity contribution in [2.45, 2.75) is 6.54 Å².